The smallest absolute Gasteiger partial charge is 0.136 e. The molecular formula is C13H18N6S. The quantitative estimate of drug-likeness (QED) is 0.871. The van der Waals surface area contributed by atoms with Crippen LogP contribution >= 0.6 is 11.3 Å². The molecule has 1 fully saturated rings. The molecule has 7 heteroatoms. The van der Waals surface area contributed by atoms with E-state index in [9.17, 15) is 0 Å². The van der Waals surface area contributed by atoms with Crippen molar-refractivity contribution in [3.05, 3.63) is 28.1 Å². The highest BCUT2D eigenvalue weighted by molar-refractivity contribution is 7.11. The zero-order chi connectivity index (χ0) is 13.9. The van der Waals surface area contributed by atoms with E-state index in [0.29, 0.717) is 18.5 Å². The van der Waals surface area contributed by atoms with Gasteiger partial charge in [0.05, 0.1) is 6.54 Å². The third kappa shape index (κ3) is 2.94. The second-order valence-corrected chi connectivity index (χ2v) is 6.20. The van der Waals surface area contributed by atoms with Gasteiger partial charge in [-0.05, 0) is 19.3 Å². The number of hydrogen-bond donors (Lipinski definition) is 2. The molecule has 0 atom stereocenters. The van der Waals surface area contributed by atoms with Crippen molar-refractivity contribution in [3.63, 3.8) is 0 Å². The lowest BCUT2D eigenvalue weighted by Crippen LogP contribution is -2.35. The first kappa shape index (κ1) is 13.4. The molecule has 0 spiro atoms. The summed E-state index contributed by atoms with van der Waals surface area (Å²) in [4.78, 5) is 8.58. The van der Waals surface area contributed by atoms with E-state index in [0.717, 1.165) is 40.8 Å². The molecule has 0 radical (unpaired) electrons. The van der Waals surface area contributed by atoms with Crippen molar-refractivity contribution in [3.8, 4) is 0 Å². The van der Waals surface area contributed by atoms with Crippen LogP contribution < -0.4 is 11.1 Å². The largest absolute Gasteiger partial charge is 0.363 e. The van der Waals surface area contributed by atoms with Gasteiger partial charge in [-0.3, -0.25) is 0 Å². The van der Waals surface area contributed by atoms with Crippen LogP contribution in [0.15, 0.2) is 12.4 Å². The Hall–Kier alpha value is -1.60. The topological polar surface area (TPSA) is 89.6 Å². The molecule has 1 aliphatic carbocycles. The summed E-state index contributed by atoms with van der Waals surface area (Å²) in [5.41, 5.74) is 6.90. The van der Waals surface area contributed by atoms with Gasteiger partial charge in [0.2, 0.25) is 0 Å². The fourth-order valence-electron chi connectivity index (χ4n) is 2.26. The normalized spacial score (nSPS) is 21.5. The minimum absolute atomic E-state index is 0.334. The molecule has 3 rings (SSSR count). The Morgan fingerprint density at radius 1 is 1.30 bits per heavy atom. The number of nitrogens with two attached hydrogens (primary N) is 1. The monoisotopic (exact) mass is 290 g/mol. The second-order valence-electron chi connectivity index (χ2n) is 5.05. The lowest BCUT2D eigenvalue weighted by atomic mass is 9.79. The zero-order valence-electron chi connectivity index (χ0n) is 11.4. The fourth-order valence-corrected chi connectivity index (χ4v) is 2.99. The van der Waals surface area contributed by atoms with Gasteiger partial charge in [0, 0.05) is 23.7 Å². The summed E-state index contributed by atoms with van der Waals surface area (Å²) in [7, 11) is 0. The van der Waals surface area contributed by atoms with Crippen molar-refractivity contribution in [2.24, 2.45) is 5.73 Å². The zero-order valence-corrected chi connectivity index (χ0v) is 12.2. The summed E-state index contributed by atoms with van der Waals surface area (Å²) in [5, 5.41) is 13.6. The molecular weight excluding hydrogens is 272 g/mol. The molecule has 1 aliphatic rings. The van der Waals surface area contributed by atoms with Crippen molar-refractivity contribution in [2.45, 2.75) is 44.7 Å². The van der Waals surface area contributed by atoms with Crippen LogP contribution in [0.25, 0.3) is 0 Å². The minimum atomic E-state index is 0.334. The van der Waals surface area contributed by atoms with Gasteiger partial charge < -0.3 is 11.1 Å². The average molecular weight is 290 g/mol. The van der Waals surface area contributed by atoms with Crippen LogP contribution in [0.2, 0.25) is 0 Å². The Bertz CT molecular complexity index is 578. The molecule has 0 saturated heterocycles. The third-order valence-corrected chi connectivity index (χ3v) is 4.58. The Morgan fingerprint density at radius 3 is 2.80 bits per heavy atom. The van der Waals surface area contributed by atoms with Crippen LogP contribution in [-0.4, -0.2) is 26.2 Å². The van der Waals surface area contributed by atoms with Crippen LogP contribution in [0.1, 0.15) is 41.4 Å². The fraction of sp³-hybridized carbons (Fsp3) is 0.538. The van der Waals surface area contributed by atoms with Gasteiger partial charge in [-0.1, -0.05) is 18.3 Å². The van der Waals surface area contributed by atoms with Crippen molar-refractivity contribution in [1.82, 2.24) is 20.2 Å². The Labute approximate surface area is 121 Å². The van der Waals surface area contributed by atoms with E-state index in [1.807, 2.05) is 6.07 Å². The van der Waals surface area contributed by atoms with E-state index in [4.69, 9.17) is 5.73 Å². The molecule has 20 heavy (non-hydrogen) atoms. The highest BCUT2D eigenvalue weighted by atomic mass is 32.1. The van der Waals surface area contributed by atoms with Gasteiger partial charge in [-0.25, -0.2) is 9.97 Å². The molecule has 0 bridgehead atoms. The second kappa shape index (κ2) is 5.80. The first-order valence-corrected chi connectivity index (χ1v) is 7.69. The SMILES string of the molecule is CCc1nnc(CNc2cc(C3CC(N)C3)ncn2)s1. The molecule has 0 unspecified atom stereocenters. The van der Waals surface area contributed by atoms with E-state index in [1.165, 1.54) is 0 Å². The number of aryl methyl sites for hydroxylation is 1. The van der Waals surface area contributed by atoms with Gasteiger partial charge in [-0.2, -0.15) is 0 Å². The predicted octanol–water partition coefficient (Wildman–Crippen LogP) is 1.71. The van der Waals surface area contributed by atoms with E-state index < -0.39 is 0 Å². The number of aromatic nitrogens is 4. The van der Waals surface area contributed by atoms with Gasteiger partial charge in [0.25, 0.3) is 0 Å². The van der Waals surface area contributed by atoms with E-state index in [2.05, 4.69) is 32.4 Å². The standard InChI is InChI=1S/C13H18N6S/c1-2-12-18-19-13(20-12)6-15-11-5-10(16-7-17-11)8-3-9(14)4-8/h5,7-9H,2-4,6,14H2,1H3,(H,15,16,17). The van der Waals surface area contributed by atoms with Crippen molar-refractivity contribution < 1.29 is 0 Å². The molecule has 2 heterocycles. The summed E-state index contributed by atoms with van der Waals surface area (Å²) < 4.78 is 0. The van der Waals surface area contributed by atoms with Crippen LogP contribution in [0, 0.1) is 0 Å². The first-order chi connectivity index (χ1) is 9.74. The van der Waals surface area contributed by atoms with Gasteiger partial charge in [0.15, 0.2) is 0 Å². The predicted molar refractivity (Wildman–Crippen MR) is 78.6 cm³/mol. The summed E-state index contributed by atoms with van der Waals surface area (Å²) >= 11 is 1.63. The summed E-state index contributed by atoms with van der Waals surface area (Å²) in [6.07, 6.45) is 4.58. The molecule has 2 aromatic heterocycles. The van der Waals surface area contributed by atoms with Crippen LogP contribution in [0.5, 0.6) is 0 Å². The van der Waals surface area contributed by atoms with E-state index >= 15 is 0 Å². The molecule has 2 aromatic rings. The molecule has 1 saturated carbocycles. The highest BCUT2D eigenvalue weighted by Gasteiger charge is 2.28. The number of rotatable bonds is 5. The minimum Gasteiger partial charge on any atom is -0.363 e. The summed E-state index contributed by atoms with van der Waals surface area (Å²) in [6.45, 7) is 2.73. The Kier molecular flexibility index (Phi) is 3.88. The molecule has 0 aliphatic heterocycles. The molecule has 0 amide bonds. The molecule has 6 nitrogen and oxygen atoms in total. The average Bonchev–Trinajstić information content (AvgIpc) is 2.90. The van der Waals surface area contributed by atoms with Crippen molar-refractivity contribution >= 4 is 17.2 Å². The molecule has 3 N–H and O–H groups in total. The van der Waals surface area contributed by atoms with Crippen molar-refractivity contribution in [2.75, 3.05) is 5.32 Å². The highest BCUT2D eigenvalue weighted by Crippen LogP contribution is 2.34. The Balaban J connectivity index is 1.61. The maximum atomic E-state index is 5.82. The lowest BCUT2D eigenvalue weighted by molar-refractivity contribution is 0.345. The lowest BCUT2D eigenvalue weighted by Gasteiger charge is -2.31. The first-order valence-electron chi connectivity index (χ1n) is 6.87. The van der Waals surface area contributed by atoms with Gasteiger partial charge >= 0.3 is 0 Å². The van der Waals surface area contributed by atoms with E-state index in [1.54, 1.807) is 17.7 Å². The van der Waals surface area contributed by atoms with Gasteiger partial charge in [0.1, 0.15) is 22.2 Å². The number of nitrogens with zero attached hydrogens (tertiary/aromatic N) is 4. The molecule has 0 aromatic carbocycles. The Morgan fingerprint density at radius 2 is 2.10 bits per heavy atom. The number of anilines is 1. The van der Waals surface area contributed by atoms with Gasteiger partial charge in [-0.15, -0.1) is 10.2 Å². The maximum absolute atomic E-state index is 5.82. The number of nitrogens with one attached hydrogen (secondary N) is 1. The maximum Gasteiger partial charge on any atom is 0.136 e. The van der Waals surface area contributed by atoms with Crippen LogP contribution in [0.4, 0.5) is 5.82 Å². The third-order valence-electron chi connectivity index (χ3n) is 3.51. The number of hydrogen-bond acceptors (Lipinski definition) is 7. The van der Waals surface area contributed by atoms with Crippen LogP contribution in [-0.2, 0) is 13.0 Å². The summed E-state index contributed by atoms with van der Waals surface area (Å²) in [5.74, 6) is 1.32. The molecule has 106 valence electrons. The summed E-state index contributed by atoms with van der Waals surface area (Å²) in [6, 6.07) is 2.35. The van der Waals surface area contributed by atoms with E-state index in [-0.39, 0.29) is 0 Å². The van der Waals surface area contributed by atoms with Crippen molar-refractivity contribution in [1.29, 1.82) is 0 Å². The van der Waals surface area contributed by atoms with Crippen LogP contribution in [0.3, 0.4) is 0 Å².